The molecule has 1 aromatic heterocycles. The molecule has 0 atom stereocenters. The van der Waals surface area contributed by atoms with Crippen molar-refractivity contribution < 1.29 is 4.39 Å². The van der Waals surface area contributed by atoms with E-state index < -0.39 is 5.82 Å². The summed E-state index contributed by atoms with van der Waals surface area (Å²) in [6, 6.07) is 0. The Hall–Kier alpha value is -1.23. The summed E-state index contributed by atoms with van der Waals surface area (Å²) in [6.45, 7) is 4.52. The van der Waals surface area contributed by atoms with Gasteiger partial charge in [-0.1, -0.05) is 6.92 Å². The van der Waals surface area contributed by atoms with Gasteiger partial charge in [0.15, 0.2) is 11.6 Å². The third-order valence-electron chi connectivity index (χ3n) is 1.82. The molecule has 0 spiro atoms. The van der Waals surface area contributed by atoms with Crippen molar-refractivity contribution in [2.45, 2.75) is 20.3 Å². The molecule has 0 unspecified atom stereocenters. The molecule has 0 bridgehead atoms. The molecule has 0 fully saturated rings. The summed E-state index contributed by atoms with van der Waals surface area (Å²) in [6.07, 6.45) is 0.693. The topological polar surface area (TPSA) is 63.8 Å². The number of nitrogens with one attached hydrogen (secondary N) is 1. The van der Waals surface area contributed by atoms with Gasteiger partial charge in [0.1, 0.15) is 5.82 Å². The van der Waals surface area contributed by atoms with E-state index in [1.807, 2.05) is 6.92 Å². The number of nitrogens with two attached hydrogens (primary N) is 1. The van der Waals surface area contributed by atoms with Crippen molar-refractivity contribution in [1.82, 2.24) is 9.97 Å². The van der Waals surface area contributed by atoms with Crippen molar-refractivity contribution in [3.63, 3.8) is 0 Å². The number of aromatic nitrogens is 2. The molecule has 1 aromatic rings. The van der Waals surface area contributed by atoms with Crippen LogP contribution in [-0.4, -0.2) is 23.1 Å². The molecule has 0 aliphatic carbocycles. The average Bonchev–Trinajstić information content (AvgIpc) is 2.20. The number of hydrogen-bond acceptors (Lipinski definition) is 4. The standard InChI is InChI=1S/C9H15FN4/c1-3-7-13-6(2)8(10)9(14-7)12-5-4-11/h3-5,11H2,1-2H3,(H,12,13,14). The summed E-state index contributed by atoms with van der Waals surface area (Å²) >= 11 is 0. The van der Waals surface area contributed by atoms with Gasteiger partial charge in [-0.05, 0) is 6.92 Å². The third-order valence-corrected chi connectivity index (χ3v) is 1.82. The normalized spacial score (nSPS) is 10.3. The maximum absolute atomic E-state index is 13.4. The van der Waals surface area contributed by atoms with Crippen LogP contribution in [0.1, 0.15) is 18.4 Å². The summed E-state index contributed by atoms with van der Waals surface area (Å²) in [5.74, 6) is 0.499. The second-order valence-electron chi connectivity index (χ2n) is 2.96. The van der Waals surface area contributed by atoms with Crippen LogP contribution >= 0.6 is 0 Å². The predicted molar refractivity (Wildman–Crippen MR) is 53.6 cm³/mol. The quantitative estimate of drug-likeness (QED) is 0.753. The van der Waals surface area contributed by atoms with Crippen molar-refractivity contribution >= 4 is 5.82 Å². The van der Waals surface area contributed by atoms with Gasteiger partial charge in [-0.2, -0.15) is 0 Å². The Morgan fingerprint density at radius 2 is 2.14 bits per heavy atom. The smallest absolute Gasteiger partial charge is 0.186 e. The zero-order valence-electron chi connectivity index (χ0n) is 8.47. The van der Waals surface area contributed by atoms with Crippen LogP contribution in [0.25, 0.3) is 0 Å². The fourth-order valence-corrected chi connectivity index (χ4v) is 1.08. The molecule has 3 N–H and O–H groups in total. The number of nitrogens with zero attached hydrogens (tertiary/aromatic N) is 2. The lowest BCUT2D eigenvalue weighted by Crippen LogP contribution is -2.16. The Balaban J connectivity index is 2.95. The summed E-state index contributed by atoms with van der Waals surface area (Å²) in [4.78, 5) is 8.04. The van der Waals surface area contributed by atoms with Gasteiger partial charge in [0.2, 0.25) is 0 Å². The first-order valence-corrected chi connectivity index (χ1v) is 4.66. The van der Waals surface area contributed by atoms with Crippen LogP contribution in [-0.2, 0) is 6.42 Å². The van der Waals surface area contributed by atoms with Crippen LogP contribution in [0.5, 0.6) is 0 Å². The molecule has 0 radical (unpaired) electrons. The Morgan fingerprint density at radius 1 is 1.43 bits per heavy atom. The Bertz CT molecular complexity index is 314. The average molecular weight is 198 g/mol. The maximum atomic E-state index is 13.4. The van der Waals surface area contributed by atoms with Crippen molar-refractivity contribution in [2.24, 2.45) is 5.73 Å². The van der Waals surface area contributed by atoms with Gasteiger partial charge in [0.05, 0.1) is 5.69 Å². The third kappa shape index (κ3) is 2.38. The van der Waals surface area contributed by atoms with E-state index in [0.717, 1.165) is 0 Å². The highest BCUT2D eigenvalue weighted by atomic mass is 19.1. The van der Waals surface area contributed by atoms with E-state index in [-0.39, 0.29) is 5.82 Å². The predicted octanol–water partition coefficient (Wildman–Crippen LogP) is 0.857. The molecule has 4 nitrogen and oxygen atoms in total. The lowest BCUT2D eigenvalue weighted by Gasteiger charge is -2.08. The first kappa shape index (κ1) is 10.8. The van der Waals surface area contributed by atoms with Crippen molar-refractivity contribution in [1.29, 1.82) is 0 Å². The molecule has 5 heteroatoms. The molecule has 0 aliphatic rings. The highest BCUT2D eigenvalue weighted by molar-refractivity contribution is 5.38. The highest BCUT2D eigenvalue weighted by Crippen LogP contribution is 2.13. The molecule has 0 saturated carbocycles. The second-order valence-corrected chi connectivity index (χ2v) is 2.96. The van der Waals surface area contributed by atoms with Gasteiger partial charge in [-0.15, -0.1) is 0 Å². The Kier molecular flexibility index (Phi) is 3.76. The lowest BCUT2D eigenvalue weighted by molar-refractivity contribution is 0.600. The fourth-order valence-electron chi connectivity index (χ4n) is 1.08. The molecule has 0 aliphatic heterocycles. The number of anilines is 1. The molecule has 0 saturated heterocycles. The fraction of sp³-hybridized carbons (Fsp3) is 0.556. The van der Waals surface area contributed by atoms with Crippen LogP contribution in [0.15, 0.2) is 0 Å². The molecule has 0 amide bonds. The minimum Gasteiger partial charge on any atom is -0.366 e. The lowest BCUT2D eigenvalue weighted by atomic mass is 10.3. The van der Waals surface area contributed by atoms with Gasteiger partial charge in [0, 0.05) is 19.5 Å². The van der Waals surface area contributed by atoms with Crippen LogP contribution in [0.4, 0.5) is 10.2 Å². The van der Waals surface area contributed by atoms with Crippen LogP contribution in [0.3, 0.4) is 0 Å². The monoisotopic (exact) mass is 198 g/mol. The van der Waals surface area contributed by atoms with Gasteiger partial charge in [-0.3, -0.25) is 0 Å². The number of hydrogen-bond donors (Lipinski definition) is 2. The number of aryl methyl sites for hydroxylation is 2. The van der Waals surface area contributed by atoms with E-state index in [1.165, 1.54) is 0 Å². The van der Waals surface area contributed by atoms with Gasteiger partial charge >= 0.3 is 0 Å². The molecule has 1 heterocycles. The first-order chi connectivity index (χ1) is 6.69. The molecule has 78 valence electrons. The molecular weight excluding hydrogens is 183 g/mol. The van der Waals surface area contributed by atoms with E-state index in [2.05, 4.69) is 15.3 Å². The largest absolute Gasteiger partial charge is 0.366 e. The molecule has 1 rings (SSSR count). The highest BCUT2D eigenvalue weighted by Gasteiger charge is 2.09. The minimum absolute atomic E-state index is 0.250. The van der Waals surface area contributed by atoms with E-state index in [4.69, 9.17) is 5.73 Å². The van der Waals surface area contributed by atoms with E-state index >= 15 is 0 Å². The zero-order valence-corrected chi connectivity index (χ0v) is 8.47. The minimum atomic E-state index is -0.393. The van der Waals surface area contributed by atoms with Gasteiger partial charge < -0.3 is 11.1 Å². The van der Waals surface area contributed by atoms with Crippen molar-refractivity contribution in [3.8, 4) is 0 Å². The summed E-state index contributed by atoms with van der Waals surface area (Å²) in [7, 11) is 0. The van der Waals surface area contributed by atoms with E-state index in [1.54, 1.807) is 6.92 Å². The van der Waals surface area contributed by atoms with Crippen molar-refractivity contribution in [2.75, 3.05) is 18.4 Å². The second kappa shape index (κ2) is 4.85. The van der Waals surface area contributed by atoms with E-state index in [9.17, 15) is 4.39 Å². The Morgan fingerprint density at radius 3 is 2.71 bits per heavy atom. The van der Waals surface area contributed by atoms with Crippen LogP contribution in [0.2, 0.25) is 0 Å². The summed E-state index contributed by atoms with van der Waals surface area (Å²) < 4.78 is 13.4. The van der Waals surface area contributed by atoms with Crippen molar-refractivity contribution in [3.05, 3.63) is 17.3 Å². The maximum Gasteiger partial charge on any atom is 0.186 e. The molecule has 14 heavy (non-hydrogen) atoms. The Labute approximate surface area is 82.8 Å². The zero-order chi connectivity index (χ0) is 10.6. The van der Waals surface area contributed by atoms with Crippen LogP contribution < -0.4 is 11.1 Å². The summed E-state index contributed by atoms with van der Waals surface area (Å²) in [5, 5.41) is 2.83. The summed E-state index contributed by atoms with van der Waals surface area (Å²) in [5.41, 5.74) is 5.68. The van der Waals surface area contributed by atoms with E-state index in [0.29, 0.717) is 31.0 Å². The first-order valence-electron chi connectivity index (χ1n) is 4.66. The van der Waals surface area contributed by atoms with Crippen LogP contribution in [0, 0.1) is 12.7 Å². The van der Waals surface area contributed by atoms with Gasteiger partial charge in [-0.25, -0.2) is 14.4 Å². The number of halogens is 1. The SMILES string of the molecule is CCc1nc(C)c(F)c(NCCN)n1. The number of rotatable bonds is 4. The molecule has 0 aromatic carbocycles. The van der Waals surface area contributed by atoms with Gasteiger partial charge in [0.25, 0.3) is 0 Å². The molecular formula is C9H15FN4.